The fourth-order valence-electron chi connectivity index (χ4n) is 3.03. The van der Waals surface area contributed by atoms with Crippen molar-refractivity contribution in [1.82, 2.24) is 4.31 Å². The van der Waals surface area contributed by atoms with Crippen LogP contribution in [0.2, 0.25) is 0 Å². The summed E-state index contributed by atoms with van der Waals surface area (Å²) in [4.78, 5) is 0.426. The number of hydrogen-bond donors (Lipinski definition) is 0. The summed E-state index contributed by atoms with van der Waals surface area (Å²) >= 11 is 3.39. The van der Waals surface area contributed by atoms with Gasteiger partial charge in [-0.25, -0.2) is 8.42 Å². The Morgan fingerprint density at radius 1 is 1.19 bits per heavy atom. The first-order valence-electron chi connectivity index (χ1n) is 7.76. The van der Waals surface area contributed by atoms with Crippen LogP contribution in [-0.4, -0.2) is 30.6 Å². The van der Waals surface area contributed by atoms with Crippen molar-refractivity contribution >= 4 is 26.0 Å². The molecule has 1 aromatic rings. The summed E-state index contributed by atoms with van der Waals surface area (Å²) in [6.45, 7) is 2.67. The predicted octanol–water partition coefficient (Wildman–Crippen LogP) is 3.97. The lowest BCUT2D eigenvalue weighted by molar-refractivity contribution is 0.338. The molecule has 0 radical (unpaired) electrons. The maximum atomic E-state index is 12.9. The van der Waals surface area contributed by atoms with Crippen LogP contribution in [0.4, 0.5) is 0 Å². The lowest BCUT2D eigenvalue weighted by atomic mass is 10.1. The third-order valence-electron chi connectivity index (χ3n) is 4.11. The summed E-state index contributed by atoms with van der Waals surface area (Å²) in [7, 11) is -3.38. The summed E-state index contributed by atoms with van der Waals surface area (Å²) in [6.07, 6.45) is 6.31. The number of halogens is 1. The zero-order valence-electron chi connectivity index (χ0n) is 12.6. The number of aryl methyl sites for hydroxylation is 1. The summed E-state index contributed by atoms with van der Waals surface area (Å²) in [5, 5.41) is 0.677. The van der Waals surface area contributed by atoms with E-state index in [9.17, 15) is 8.42 Å². The van der Waals surface area contributed by atoms with Gasteiger partial charge >= 0.3 is 0 Å². The van der Waals surface area contributed by atoms with E-state index in [1.165, 1.54) is 5.56 Å². The highest BCUT2D eigenvalue weighted by molar-refractivity contribution is 9.09. The van der Waals surface area contributed by atoms with Gasteiger partial charge in [0.2, 0.25) is 10.0 Å². The summed E-state index contributed by atoms with van der Waals surface area (Å²) in [6, 6.07) is 7.57. The number of benzene rings is 1. The minimum atomic E-state index is -3.38. The molecule has 0 amide bonds. The Bertz CT molecular complexity index is 536. The predicted molar refractivity (Wildman–Crippen MR) is 90.4 cm³/mol. The molecule has 0 aliphatic heterocycles. The second-order valence-corrected chi connectivity index (χ2v) is 8.32. The minimum absolute atomic E-state index is 0.169. The molecule has 2 rings (SSSR count). The van der Waals surface area contributed by atoms with Gasteiger partial charge in [0, 0.05) is 17.9 Å². The molecule has 0 unspecified atom stereocenters. The Hall–Kier alpha value is -0.390. The van der Waals surface area contributed by atoms with Crippen molar-refractivity contribution in [2.45, 2.75) is 56.4 Å². The van der Waals surface area contributed by atoms with Gasteiger partial charge in [0.1, 0.15) is 0 Å². The van der Waals surface area contributed by atoms with Gasteiger partial charge in [0.05, 0.1) is 4.90 Å². The lowest BCUT2D eigenvalue weighted by Gasteiger charge is -2.27. The molecule has 1 fully saturated rings. The van der Waals surface area contributed by atoms with Crippen LogP contribution in [0.1, 0.15) is 44.6 Å². The molecule has 118 valence electrons. The molecule has 0 heterocycles. The van der Waals surface area contributed by atoms with Gasteiger partial charge in [0.25, 0.3) is 0 Å². The number of rotatable bonds is 7. The molecular weight excluding hydrogens is 350 g/mol. The molecule has 1 aliphatic rings. The molecular formula is C16H24BrNO2S. The Kier molecular flexibility index (Phi) is 6.26. The number of nitrogens with zero attached hydrogens (tertiary/aromatic N) is 1. The maximum absolute atomic E-state index is 12.9. The molecule has 21 heavy (non-hydrogen) atoms. The fourth-order valence-corrected chi connectivity index (χ4v) is 5.33. The molecule has 0 spiro atoms. The van der Waals surface area contributed by atoms with Crippen molar-refractivity contribution in [3.05, 3.63) is 29.8 Å². The summed E-state index contributed by atoms with van der Waals surface area (Å²) in [5.74, 6) is 0. The number of alkyl halides is 1. The Labute approximate surface area is 136 Å². The van der Waals surface area contributed by atoms with Gasteiger partial charge < -0.3 is 0 Å². The van der Waals surface area contributed by atoms with Crippen LogP contribution in [0, 0.1) is 0 Å². The molecule has 1 saturated carbocycles. The largest absolute Gasteiger partial charge is 0.243 e. The zero-order valence-corrected chi connectivity index (χ0v) is 15.0. The molecule has 0 atom stereocenters. The van der Waals surface area contributed by atoms with Crippen molar-refractivity contribution in [1.29, 1.82) is 0 Å². The van der Waals surface area contributed by atoms with Gasteiger partial charge in [-0.05, 0) is 37.0 Å². The molecule has 1 aliphatic carbocycles. The first-order chi connectivity index (χ1) is 10.1. The maximum Gasteiger partial charge on any atom is 0.243 e. The van der Waals surface area contributed by atoms with Crippen molar-refractivity contribution in [3.63, 3.8) is 0 Å². The van der Waals surface area contributed by atoms with Crippen LogP contribution in [0.5, 0.6) is 0 Å². The van der Waals surface area contributed by atoms with E-state index < -0.39 is 10.0 Å². The van der Waals surface area contributed by atoms with Crippen molar-refractivity contribution < 1.29 is 8.42 Å². The Morgan fingerprint density at radius 2 is 1.81 bits per heavy atom. The van der Waals surface area contributed by atoms with Crippen LogP contribution in [-0.2, 0) is 16.4 Å². The van der Waals surface area contributed by atoms with Crippen molar-refractivity contribution in [2.24, 2.45) is 0 Å². The third kappa shape index (κ3) is 4.08. The third-order valence-corrected chi connectivity index (χ3v) is 6.43. The van der Waals surface area contributed by atoms with Crippen LogP contribution >= 0.6 is 15.9 Å². The smallest absolute Gasteiger partial charge is 0.207 e. The van der Waals surface area contributed by atoms with E-state index in [0.717, 1.165) is 38.5 Å². The average Bonchev–Trinajstić information content (AvgIpc) is 2.99. The van der Waals surface area contributed by atoms with Crippen LogP contribution in [0.3, 0.4) is 0 Å². The van der Waals surface area contributed by atoms with E-state index in [1.807, 2.05) is 12.1 Å². The second-order valence-electron chi connectivity index (χ2n) is 5.64. The highest BCUT2D eigenvalue weighted by atomic mass is 79.9. The highest BCUT2D eigenvalue weighted by Gasteiger charge is 2.32. The molecule has 0 bridgehead atoms. The Morgan fingerprint density at radius 3 is 2.33 bits per heavy atom. The van der Waals surface area contributed by atoms with Crippen LogP contribution in [0.15, 0.2) is 29.2 Å². The lowest BCUT2D eigenvalue weighted by Crippen LogP contribution is -2.40. The summed E-state index contributed by atoms with van der Waals surface area (Å²) in [5.41, 5.74) is 1.20. The van der Waals surface area contributed by atoms with E-state index in [0.29, 0.717) is 16.8 Å². The van der Waals surface area contributed by atoms with E-state index in [4.69, 9.17) is 0 Å². The van der Waals surface area contributed by atoms with Crippen molar-refractivity contribution in [2.75, 3.05) is 11.9 Å². The molecule has 3 nitrogen and oxygen atoms in total. The number of sulfonamides is 1. The quantitative estimate of drug-likeness (QED) is 0.678. The number of hydrogen-bond acceptors (Lipinski definition) is 2. The molecule has 0 aromatic heterocycles. The minimum Gasteiger partial charge on any atom is -0.207 e. The fraction of sp³-hybridized carbons (Fsp3) is 0.625. The van der Waals surface area contributed by atoms with E-state index in [1.54, 1.807) is 16.4 Å². The van der Waals surface area contributed by atoms with Gasteiger partial charge in [-0.2, -0.15) is 4.31 Å². The standard InChI is InChI=1S/C16H24BrNO2S/c1-2-5-14-8-10-16(11-9-14)21(19,20)18(13-12-17)15-6-3-4-7-15/h8-11,15H,2-7,12-13H2,1H3. The second kappa shape index (κ2) is 7.75. The van der Waals surface area contributed by atoms with Gasteiger partial charge in [-0.15, -0.1) is 0 Å². The van der Waals surface area contributed by atoms with Gasteiger partial charge in [-0.1, -0.05) is 54.2 Å². The Balaban J connectivity index is 2.24. The van der Waals surface area contributed by atoms with Gasteiger partial charge in [-0.3, -0.25) is 0 Å². The first-order valence-corrected chi connectivity index (χ1v) is 10.3. The molecule has 0 saturated heterocycles. The van der Waals surface area contributed by atoms with Crippen LogP contribution < -0.4 is 0 Å². The zero-order chi connectivity index (χ0) is 15.3. The van der Waals surface area contributed by atoms with Crippen molar-refractivity contribution in [3.8, 4) is 0 Å². The highest BCUT2D eigenvalue weighted by Crippen LogP contribution is 2.28. The van der Waals surface area contributed by atoms with Crippen LogP contribution in [0.25, 0.3) is 0 Å². The summed E-state index contributed by atoms with van der Waals surface area (Å²) < 4.78 is 27.5. The van der Waals surface area contributed by atoms with Gasteiger partial charge in [0.15, 0.2) is 0 Å². The normalized spacial score (nSPS) is 16.7. The molecule has 5 heteroatoms. The van der Waals surface area contributed by atoms with E-state index >= 15 is 0 Å². The molecule has 1 aromatic carbocycles. The average molecular weight is 374 g/mol. The first kappa shape index (κ1) is 17.0. The topological polar surface area (TPSA) is 37.4 Å². The van der Waals surface area contributed by atoms with E-state index in [-0.39, 0.29) is 6.04 Å². The molecule has 0 N–H and O–H groups in total. The SMILES string of the molecule is CCCc1ccc(S(=O)(=O)N(CCBr)C2CCCC2)cc1. The van der Waals surface area contributed by atoms with E-state index in [2.05, 4.69) is 22.9 Å². The monoisotopic (exact) mass is 373 g/mol.